The number of hydrogen-bond donors (Lipinski definition) is 2. The van der Waals surface area contributed by atoms with E-state index in [-0.39, 0.29) is 5.95 Å². The molecule has 2 aromatic rings. The number of nitrogens with zero attached hydrogens (tertiary/aromatic N) is 2. The number of anilines is 2. The van der Waals surface area contributed by atoms with Crippen molar-refractivity contribution in [3.63, 3.8) is 0 Å². The van der Waals surface area contributed by atoms with Gasteiger partial charge < -0.3 is 11.1 Å². The summed E-state index contributed by atoms with van der Waals surface area (Å²) in [4.78, 5) is 7.87. The predicted octanol–water partition coefficient (Wildman–Crippen LogP) is 2.05. The monoisotopic (exact) mass is 236 g/mol. The van der Waals surface area contributed by atoms with E-state index in [2.05, 4.69) is 15.3 Å². The molecule has 88 valence electrons. The van der Waals surface area contributed by atoms with Crippen molar-refractivity contribution in [1.82, 2.24) is 9.97 Å². The molecule has 2 rings (SSSR count). The molecule has 0 bridgehead atoms. The Balaban J connectivity index is 2.52. The number of nitrogens with one attached hydrogen (secondary N) is 1. The molecule has 0 radical (unpaired) electrons. The highest BCUT2D eigenvalue weighted by Gasteiger charge is 2.07. The average molecular weight is 236 g/mol. The standard InChI is InChI=1S/C11H10F2N4/c1-15-10-5-9(16-11(14)17-10)6-2-3-7(12)8(13)4-6/h2-5H,1H3,(H3,14,15,16,17). The first-order valence-electron chi connectivity index (χ1n) is 4.88. The second-order valence-electron chi connectivity index (χ2n) is 3.38. The van der Waals surface area contributed by atoms with Crippen molar-refractivity contribution in [2.24, 2.45) is 0 Å². The second-order valence-corrected chi connectivity index (χ2v) is 3.38. The highest BCUT2D eigenvalue weighted by atomic mass is 19.2. The Morgan fingerprint density at radius 3 is 2.53 bits per heavy atom. The number of halogens is 2. The molecule has 0 atom stereocenters. The Morgan fingerprint density at radius 1 is 1.12 bits per heavy atom. The zero-order valence-electron chi connectivity index (χ0n) is 9.04. The number of hydrogen-bond acceptors (Lipinski definition) is 4. The Labute approximate surface area is 96.5 Å². The number of nitrogen functional groups attached to an aromatic ring is 1. The van der Waals surface area contributed by atoms with Gasteiger partial charge >= 0.3 is 0 Å². The molecule has 17 heavy (non-hydrogen) atoms. The number of benzene rings is 1. The molecule has 0 spiro atoms. The minimum atomic E-state index is -0.925. The van der Waals surface area contributed by atoms with E-state index in [0.717, 1.165) is 12.1 Å². The largest absolute Gasteiger partial charge is 0.373 e. The molecular weight excluding hydrogens is 226 g/mol. The quantitative estimate of drug-likeness (QED) is 0.837. The van der Waals surface area contributed by atoms with E-state index in [1.807, 2.05) is 0 Å². The van der Waals surface area contributed by atoms with Crippen LogP contribution in [0, 0.1) is 11.6 Å². The van der Waals surface area contributed by atoms with Crippen LogP contribution in [0.5, 0.6) is 0 Å². The Hall–Kier alpha value is -2.24. The maximum Gasteiger partial charge on any atom is 0.222 e. The van der Waals surface area contributed by atoms with Crippen LogP contribution in [-0.2, 0) is 0 Å². The second kappa shape index (κ2) is 4.32. The fourth-order valence-electron chi connectivity index (χ4n) is 1.40. The SMILES string of the molecule is CNc1cc(-c2ccc(F)c(F)c2)nc(N)n1. The maximum atomic E-state index is 13.1. The van der Waals surface area contributed by atoms with Crippen molar-refractivity contribution >= 4 is 11.8 Å². The molecule has 0 amide bonds. The molecule has 0 saturated heterocycles. The summed E-state index contributed by atoms with van der Waals surface area (Å²) < 4.78 is 25.9. The number of nitrogens with two attached hydrogens (primary N) is 1. The third-order valence-corrected chi connectivity index (χ3v) is 2.21. The van der Waals surface area contributed by atoms with Crippen molar-refractivity contribution in [2.45, 2.75) is 0 Å². The van der Waals surface area contributed by atoms with E-state index >= 15 is 0 Å². The molecule has 0 aliphatic rings. The lowest BCUT2D eigenvalue weighted by atomic mass is 10.1. The normalized spacial score (nSPS) is 10.3. The molecule has 1 aromatic heterocycles. The van der Waals surface area contributed by atoms with Crippen molar-refractivity contribution in [1.29, 1.82) is 0 Å². The van der Waals surface area contributed by atoms with E-state index in [0.29, 0.717) is 17.1 Å². The highest BCUT2D eigenvalue weighted by molar-refractivity contribution is 5.63. The zero-order chi connectivity index (χ0) is 12.4. The molecule has 4 nitrogen and oxygen atoms in total. The van der Waals surface area contributed by atoms with E-state index in [9.17, 15) is 8.78 Å². The molecule has 1 heterocycles. The highest BCUT2D eigenvalue weighted by Crippen LogP contribution is 2.22. The smallest absolute Gasteiger partial charge is 0.222 e. The van der Waals surface area contributed by atoms with Crippen LogP contribution >= 0.6 is 0 Å². The first-order chi connectivity index (χ1) is 8.10. The molecule has 0 fully saturated rings. The van der Waals surface area contributed by atoms with Gasteiger partial charge in [0.2, 0.25) is 5.95 Å². The van der Waals surface area contributed by atoms with Crippen LogP contribution in [0.1, 0.15) is 0 Å². The van der Waals surface area contributed by atoms with Gasteiger partial charge in [0.25, 0.3) is 0 Å². The third-order valence-electron chi connectivity index (χ3n) is 2.21. The summed E-state index contributed by atoms with van der Waals surface area (Å²) in [6, 6.07) is 5.14. The van der Waals surface area contributed by atoms with Crippen LogP contribution < -0.4 is 11.1 Å². The summed E-state index contributed by atoms with van der Waals surface area (Å²) in [5.74, 6) is -1.25. The summed E-state index contributed by atoms with van der Waals surface area (Å²) in [7, 11) is 1.68. The molecule has 6 heteroatoms. The molecule has 0 aliphatic heterocycles. The van der Waals surface area contributed by atoms with Gasteiger partial charge in [0, 0.05) is 18.7 Å². The summed E-state index contributed by atoms with van der Waals surface area (Å²) in [5.41, 5.74) is 6.38. The van der Waals surface area contributed by atoms with Crippen molar-refractivity contribution in [3.8, 4) is 11.3 Å². The fourth-order valence-corrected chi connectivity index (χ4v) is 1.40. The first-order valence-corrected chi connectivity index (χ1v) is 4.88. The first kappa shape index (κ1) is 11.3. The summed E-state index contributed by atoms with van der Waals surface area (Å²) in [6.45, 7) is 0. The maximum absolute atomic E-state index is 13.1. The molecule has 1 aromatic carbocycles. The van der Waals surface area contributed by atoms with Gasteiger partial charge in [-0.15, -0.1) is 0 Å². The van der Waals surface area contributed by atoms with Crippen LogP contribution in [0.2, 0.25) is 0 Å². The molecule has 0 aliphatic carbocycles. The van der Waals surface area contributed by atoms with Crippen molar-refractivity contribution in [2.75, 3.05) is 18.1 Å². The Bertz CT molecular complexity index is 557. The number of aromatic nitrogens is 2. The van der Waals surface area contributed by atoms with E-state index < -0.39 is 11.6 Å². The van der Waals surface area contributed by atoms with Gasteiger partial charge in [-0.2, -0.15) is 4.98 Å². The van der Waals surface area contributed by atoms with Gasteiger partial charge in [-0.1, -0.05) is 0 Å². The summed E-state index contributed by atoms with van der Waals surface area (Å²) in [6.07, 6.45) is 0. The molecule has 3 N–H and O–H groups in total. The van der Waals surface area contributed by atoms with Gasteiger partial charge in [-0.05, 0) is 18.2 Å². The van der Waals surface area contributed by atoms with Crippen LogP contribution in [0.3, 0.4) is 0 Å². The lowest BCUT2D eigenvalue weighted by Gasteiger charge is -2.05. The van der Waals surface area contributed by atoms with Gasteiger partial charge in [-0.3, -0.25) is 0 Å². The predicted molar refractivity (Wildman–Crippen MR) is 61.3 cm³/mol. The summed E-state index contributed by atoms with van der Waals surface area (Å²) in [5, 5.41) is 2.81. The third kappa shape index (κ3) is 2.30. The average Bonchev–Trinajstić information content (AvgIpc) is 2.32. The lowest BCUT2D eigenvalue weighted by molar-refractivity contribution is 0.509. The van der Waals surface area contributed by atoms with E-state index in [4.69, 9.17) is 5.73 Å². The van der Waals surface area contributed by atoms with Gasteiger partial charge in [-0.25, -0.2) is 13.8 Å². The number of rotatable bonds is 2. The minimum absolute atomic E-state index is 0.0663. The van der Waals surface area contributed by atoms with E-state index in [1.54, 1.807) is 13.1 Å². The van der Waals surface area contributed by atoms with Gasteiger partial charge in [0.1, 0.15) is 5.82 Å². The summed E-state index contributed by atoms with van der Waals surface area (Å²) >= 11 is 0. The molecular formula is C11H10F2N4. The van der Waals surface area contributed by atoms with E-state index in [1.165, 1.54) is 6.07 Å². The van der Waals surface area contributed by atoms with Crippen LogP contribution in [-0.4, -0.2) is 17.0 Å². The van der Waals surface area contributed by atoms with Crippen LogP contribution in [0.15, 0.2) is 24.3 Å². The van der Waals surface area contributed by atoms with Gasteiger partial charge in [0.05, 0.1) is 5.69 Å². The topological polar surface area (TPSA) is 63.8 Å². The fraction of sp³-hybridized carbons (Fsp3) is 0.0909. The molecule has 0 saturated carbocycles. The Morgan fingerprint density at radius 2 is 1.88 bits per heavy atom. The van der Waals surface area contributed by atoms with Crippen LogP contribution in [0.4, 0.5) is 20.5 Å². The lowest BCUT2D eigenvalue weighted by Crippen LogP contribution is -2.01. The minimum Gasteiger partial charge on any atom is -0.373 e. The van der Waals surface area contributed by atoms with Crippen LogP contribution in [0.25, 0.3) is 11.3 Å². The Kier molecular flexibility index (Phi) is 2.86. The molecule has 0 unspecified atom stereocenters. The zero-order valence-corrected chi connectivity index (χ0v) is 9.04. The van der Waals surface area contributed by atoms with Crippen molar-refractivity contribution in [3.05, 3.63) is 35.9 Å². The van der Waals surface area contributed by atoms with Crippen molar-refractivity contribution < 1.29 is 8.78 Å². The van der Waals surface area contributed by atoms with Gasteiger partial charge in [0.15, 0.2) is 11.6 Å².